The lowest BCUT2D eigenvalue weighted by atomic mass is 10.1. The third kappa shape index (κ3) is 4.97. The van der Waals surface area contributed by atoms with Crippen molar-refractivity contribution in [3.63, 3.8) is 0 Å². The van der Waals surface area contributed by atoms with E-state index in [1.54, 1.807) is 12.1 Å². The summed E-state index contributed by atoms with van der Waals surface area (Å²) in [6.07, 6.45) is -0.656. The lowest BCUT2D eigenvalue weighted by Crippen LogP contribution is -2.43. The minimum Gasteiger partial charge on any atom is -0.480 e. The molecule has 0 aliphatic rings. The molecule has 2 atom stereocenters. The van der Waals surface area contributed by atoms with Gasteiger partial charge in [-0.1, -0.05) is 30.3 Å². The zero-order valence-corrected chi connectivity index (χ0v) is 10.2. The molecular formula is C13H17NO4. The first-order valence-electron chi connectivity index (χ1n) is 5.73. The molecule has 0 saturated carbocycles. The van der Waals surface area contributed by atoms with Crippen LogP contribution in [0, 0.1) is 0 Å². The van der Waals surface area contributed by atoms with Crippen molar-refractivity contribution in [3.8, 4) is 0 Å². The fraction of sp³-hybridized carbons (Fsp3) is 0.385. The lowest BCUT2D eigenvalue weighted by Gasteiger charge is -2.15. The molecule has 0 bridgehead atoms. The molecule has 5 heteroatoms. The normalized spacial score (nSPS) is 13.7. The molecular weight excluding hydrogens is 234 g/mol. The van der Waals surface area contributed by atoms with Crippen LogP contribution in [0.1, 0.15) is 18.9 Å². The molecule has 0 heterocycles. The van der Waals surface area contributed by atoms with Gasteiger partial charge < -0.3 is 15.5 Å². The summed E-state index contributed by atoms with van der Waals surface area (Å²) in [5.41, 5.74) is 0.835. The topological polar surface area (TPSA) is 86.6 Å². The number of carboxylic acid groups (broad SMARTS) is 1. The van der Waals surface area contributed by atoms with E-state index in [4.69, 9.17) is 10.2 Å². The van der Waals surface area contributed by atoms with Gasteiger partial charge >= 0.3 is 5.97 Å². The zero-order chi connectivity index (χ0) is 13.5. The summed E-state index contributed by atoms with van der Waals surface area (Å²) < 4.78 is 0. The quantitative estimate of drug-likeness (QED) is 0.690. The van der Waals surface area contributed by atoms with Crippen LogP contribution in [-0.2, 0) is 16.0 Å². The molecule has 0 aromatic heterocycles. The lowest BCUT2D eigenvalue weighted by molar-refractivity contribution is -0.142. The van der Waals surface area contributed by atoms with Gasteiger partial charge in [0.1, 0.15) is 6.04 Å². The van der Waals surface area contributed by atoms with Gasteiger partial charge in [-0.15, -0.1) is 0 Å². The highest BCUT2D eigenvalue weighted by Crippen LogP contribution is 2.04. The maximum atomic E-state index is 11.4. The summed E-state index contributed by atoms with van der Waals surface area (Å²) >= 11 is 0. The predicted octanol–water partition coefficient (Wildman–Crippen LogP) is 0.569. The fourth-order valence-electron chi connectivity index (χ4n) is 1.57. The summed E-state index contributed by atoms with van der Waals surface area (Å²) in [4.78, 5) is 22.5. The first-order chi connectivity index (χ1) is 8.49. The smallest absolute Gasteiger partial charge is 0.326 e. The van der Waals surface area contributed by atoms with Gasteiger partial charge in [0.15, 0.2) is 0 Å². The number of carboxylic acids is 1. The van der Waals surface area contributed by atoms with Gasteiger partial charge in [0.05, 0.1) is 12.5 Å². The largest absolute Gasteiger partial charge is 0.480 e. The van der Waals surface area contributed by atoms with Crippen LogP contribution >= 0.6 is 0 Å². The monoisotopic (exact) mass is 251 g/mol. The van der Waals surface area contributed by atoms with Crippen LogP contribution in [0.4, 0.5) is 0 Å². The van der Waals surface area contributed by atoms with Crippen molar-refractivity contribution in [2.45, 2.75) is 31.9 Å². The average molecular weight is 251 g/mol. The van der Waals surface area contributed by atoms with Gasteiger partial charge in [0.2, 0.25) is 5.91 Å². The average Bonchev–Trinajstić information content (AvgIpc) is 2.28. The number of aliphatic carboxylic acids is 1. The Morgan fingerprint density at radius 1 is 1.28 bits per heavy atom. The molecule has 1 aromatic rings. The maximum Gasteiger partial charge on any atom is 0.326 e. The minimum absolute atomic E-state index is 0.0986. The van der Waals surface area contributed by atoms with Crippen LogP contribution in [0.2, 0.25) is 0 Å². The van der Waals surface area contributed by atoms with Gasteiger partial charge in [0, 0.05) is 6.42 Å². The second kappa shape index (κ2) is 6.76. The molecule has 2 unspecified atom stereocenters. The van der Waals surface area contributed by atoms with Gasteiger partial charge in [-0.25, -0.2) is 4.79 Å². The Morgan fingerprint density at radius 3 is 2.39 bits per heavy atom. The van der Waals surface area contributed by atoms with Crippen molar-refractivity contribution in [1.82, 2.24) is 5.32 Å². The molecule has 98 valence electrons. The number of benzene rings is 1. The molecule has 1 rings (SSSR count). The van der Waals surface area contributed by atoms with E-state index in [1.165, 1.54) is 6.92 Å². The van der Waals surface area contributed by atoms with E-state index >= 15 is 0 Å². The van der Waals surface area contributed by atoms with E-state index in [-0.39, 0.29) is 12.8 Å². The van der Waals surface area contributed by atoms with Crippen LogP contribution in [0.3, 0.4) is 0 Å². The number of hydrogen-bond acceptors (Lipinski definition) is 3. The number of nitrogens with one attached hydrogen (secondary N) is 1. The van der Waals surface area contributed by atoms with E-state index in [9.17, 15) is 9.59 Å². The first-order valence-corrected chi connectivity index (χ1v) is 5.73. The molecule has 1 aromatic carbocycles. The summed E-state index contributed by atoms with van der Waals surface area (Å²) in [7, 11) is 0. The van der Waals surface area contributed by atoms with Gasteiger partial charge in [-0.2, -0.15) is 0 Å². The second-order valence-electron chi connectivity index (χ2n) is 4.20. The molecule has 0 aliphatic heterocycles. The molecule has 5 nitrogen and oxygen atoms in total. The summed E-state index contributed by atoms with van der Waals surface area (Å²) in [6.45, 7) is 1.48. The number of aliphatic hydroxyl groups excluding tert-OH is 1. The van der Waals surface area contributed by atoms with Crippen LogP contribution in [-0.4, -0.2) is 34.2 Å². The Bertz CT molecular complexity index is 403. The third-order valence-corrected chi connectivity index (χ3v) is 2.40. The highest BCUT2D eigenvalue weighted by Gasteiger charge is 2.20. The Hall–Kier alpha value is -1.88. The minimum atomic E-state index is -1.09. The van der Waals surface area contributed by atoms with Crippen molar-refractivity contribution < 1.29 is 19.8 Å². The highest BCUT2D eigenvalue weighted by atomic mass is 16.4. The van der Waals surface area contributed by atoms with E-state index in [0.29, 0.717) is 0 Å². The Balaban J connectivity index is 2.61. The third-order valence-electron chi connectivity index (χ3n) is 2.40. The molecule has 0 radical (unpaired) electrons. The van der Waals surface area contributed by atoms with E-state index in [2.05, 4.69) is 5.32 Å². The fourth-order valence-corrected chi connectivity index (χ4v) is 1.57. The Morgan fingerprint density at radius 2 is 1.89 bits per heavy atom. The van der Waals surface area contributed by atoms with Crippen LogP contribution in [0.15, 0.2) is 30.3 Å². The molecule has 1 amide bonds. The molecule has 0 aliphatic carbocycles. The first kappa shape index (κ1) is 14.2. The number of carbonyl (C=O) groups excluding carboxylic acids is 1. The second-order valence-corrected chi connectivity index (χ2v) is 4.20. The number of aliphatic hydroxyl groups is 1. The van der Waals surface area contributed by atoms with Gasteiger partial charge in [0.25, 0.3) is 0 Å². The van der Waals surface area contributed by atoms with Gasteiger partial charge in [-0.05, 0) is 12.5 Å². The van der Waals surface area contributed by atoms with Crippen LogP contribution in [0.5, 0.6) is 0 Å². The SMILES string of the molecule is CC(O)CC(=O)NC(Cc1ccccc1)C(=O)O. The van der Waals surface area contributed by atoms with Crippen molar-refractivity contribution >= 4 is 11.9 Å². The van der Waals surface area contributed by atoms with Crippen LogP contribution in [0.25, 0.3) is 0 Å². The predicted molar refractivity (Wildman–Crippen MR) is 66.0 cm³/mol. The molecule has 0 saturated heterocycles. The number of carbonyl (C=O) groups is 2. The summed E-state index contributed by atoms with van der Waals surface area (Å²) in [5.74, 6) is -1.55. The molecule has 0 fully saturated rings. The van der Waals surface area contributed by atoms with Crippen molar-refractivity contribution in [3.05, 3.63) is 35.9 Å². The Labute approximate surface area is 105 Å². The van der Waals surface area contributed by atoms with Crippen molar-refractivity contribution in [1.29, 1.82) is 0 Å². The van der Waals surface area contributed by atoms with E-state index in [0.717, 1.165) is 5.56 Å². The number of rotatable bonds is 6. The van der Waals surface area contributed by atoms with E-state index in [1.807, 2.05) is 18.2 Å². The van der Waals surface area contributed by atoms with E-state index < -0.39 is 24.0 Å². The molecule has 18 heavy (non-hydrogen) atoms. The number of amides is 1. The van der Waals surface area contributed by atoms with Gasteiger partial charge in [-0.3, -0.25) is 4.79 Å². The summed E-state index contributed by atoms with van der Waals surface area (Å²) in [5, 5.41) is 20.5. The van der Waals surface area contributed by atoms with Crippen molar-refractivity contribution in [2.24, 2.45) is 0 Å². The molecule has 0 spiro atoms. The zero-order valence-electron chi connectivity index (χ0n) is 10.2. The standard InChI is InChI=1S/C13H17NO4/c1-9(15)7-12(16)14-11(13(17)18)8-10-5-3-2-4-6-10/h2-6,9,11,15H,7-8H2,1H3,(H,14,16)(H,17,18). The van der Waals surface area contributed by atoms with Crippen molar-refractivity contribution in [2.75, 3.05) is 0 Å². The number of hydrogen-bond donors (Lipinski definition) is 3. The maximum absolute atomic E-state index is 11.4. The Kier molecular flexibility index (Phi) is 5.32. The van der Waals surface area contributed by atoms with Crippen LogP contribution < -0.4 is 5.32 Å². The summed E-state index contributed by atoms with van der Waals surface area (Å²) in [6, 6.07) is 8.09. The molecule has 3 N–H and O–H groups in total. The highest BCUT2D eigenvalue weighted by molar-refractivity contribution is 5.83.